The Morgan fingerprint density at radius 1 is 1.31 bits per heavy atom. The molecule has 1 aliphatic carbocycles. The summed E-state index contributed by atoms with van der Waals surface area (Å²) in [6.07, 6.45) is 5.19. The van der Waals surface area contributed by atoms with E-state index in [1.807, 2.05) is 6.07 Å². The van der Waals surface area contributed by atoms with Crippen molar-refractivity contribution >= 4 is 11.6 Å². The van der Waals surface area contributed by atoms with E-state index in [1.54, 1.807) is 0 Å². The van der Waals surface area contributed by atoms with E-state index < -0.39 is 0 Å². The number of aliphatic hydroxyl groups excluding tert-OH is 1. The van der Waals surface area contributed by atoms with Crippen LogP contribution in [0, 0.1) is 0 Å². The molecule has 1 aromatic rings. The molecule has 88 valence electrons. The van der Waals surface area contributed by atoms with Crippen LogP contribution in [0.25, 0.3) is 0 Å². The first-order chi connectivity index (χ1) is 7.83. The fraction of sp³-hybridized carbons (Fsp3) is 0.571. The number of rotatable bonds is 5. The minimum atomic E-state index is -0.337. The lowest BCUT2D eigenvalue weighted by molar-refractivity contribution is 0.164. The maximum Gasteiger partial charge on any atom is 0.0793 e. The zero-order chi connectivity index (χ0) is 11.4. The van der Waals surface area contributed by atoms with E-state index in [0.29, 0.717) is 11.8 Å². The van der Waals surface area contributed by atoms with Crippen molar-refractivity contribution < 1.29 is 5.11 Å². The molecule has 0 spiro atoms. The van der Waals surface area contributed by atoms with Gasteiger partial charge in [-0.1, -0.05) is 30.7 Å². The SMILES string of the molecule is OC(CCCCl)c1ccccc1C1CCC1. The largest absolute Gasteiger partial charge is 0.388 e. The van der Waals surface area contributed by atoms with E-state index in [2.05, 4.69) is 18.2 Å². The molecule has 1 aromatic carbocycles. The first-order valence-corrected chi connectivity index (χ1v) is 6.69. The van der Waals surface area contributed by atoms with Crippen LogP contribution in [0.4, 0.5) is 0 Å². The van der Waals surface area contributed by atoms with Crippen molar-refractivity contribution in [2.45, 2.75) is 44.1 Å². The lowest BCUT2D eigenvalue weighted by Gasteiger charge is -2.29. The van der Waals surface area contributed by atoms with Crippen molar-refractivity contribution in [1.82, 2.24) is 0 Å². The van der Waals surface area contributed by atoms with Crippen LogP contribution < -0.4 is 0 Å². The van der Waals surface area contributed by atoms with E-state index in [9.17, 15) is 5.11 Å². The van der Waals surface area contributed by atoms with E-state index in [-0.39, 0.29) is 6.10 Å². The van der Waals surface area contributed by atoms with Gasteiger partial charge in [-0.2, -0.15) is 0 Å². The standard InChI is InChI=1S/C14H19ClO/c15-10-4-9-14(16)13-8-2-1-7-12(13)11-5-3-6-11/h1-2,7-8,11,14,16H,3-6,9-10H2. The Morgan fingerprint density at radius 3 is 2.69 bits per heavy atom. The van der Waals surface area contributed by atoms with Gasteiger partial charge in [0.05, 0.1) is 6.10 Å². The second-order valence-corrected chi connectivity index (χ2v) is 4.98. The fourth-order valence-electron chi connectivity index (χ4n) is 2.33. The molecule has 1 N–H and O–H groups in total. The zero-order valence-electron chi connectivity index (χ0n) is 9.53. The molecule has 0 heterocycles. The Balaban J connectivity index is 2.11. The molecule has 0 aromatic heterocycles. The van der Waals surface area contributed by atoms with Gasteiger partial charge in [0.15, 0.2) is 0 Å². The Morgan fingerprint density at radius 2 is 2.06 bits per heavy atom. The summed E-state index contributed by atoms with van der Waals surface area (Å²) in [5, 5.41) is 10.1. The highest BCUT2D eigenvalue weighted by atomic mass is 35.5. The summed E-state index contributed by atoms with van der Waals surface area (Å²) in [4.78, 5) is 0. The van der Waals surface area contributed by atoms with Crippen molar-refractivity contribution in [3.8, 4) is 0 Å². The van der Waals surface area contributed by atoms with E-state index in [4.69, 9.17) is 11.6 Å². The Bertz CT molecular complexity index is 333. The van der Waals surface area contributed by atoms with Crippen molar-refractivity contribution in [3.05, 3.63) is 35.4 Å². The number of benzene rings is 1. The molecule has 0 saturated heterocycles. The summed E-state index contributed by atoms with van der Waals surface area (Å²) in [6.45, 7) is 0. The number of halogens is 1. The van der Waals surface area contributed by atoms with Crippen LogP contribution in [-0.2, 0) is 0 Å². The van der Waals surface area contributed by atoms with Gasteiger partial charge in [-0.25, -0.2) is 0 Å². The van der Waals surface area contributed by atoms with Gasteiger partial charge in [0.25, 0.3) is 0 Å². The van der Waals surface area contributed by atoms with Gasteiger partial charge in [-0.05, 0) is 42.7 Å². The molecule has 1 atom stereocenters. The topological polar surface area (TPSA) is 20.2 Å². The van der Waals surface area contributed by atoms with Gasteiger partial charge in [-0.3, -0.25) is 0 Å². The number of aliphatic hydroxyl groups is 1. The molecule has 2 rings (SSSR count). The molecule has 0 aliphatic heterocycles. The molecule has 1 saturated carbocycles. The van der Waals surface area contributed by atoms with Crippen molar-refractivity contribution in [2.75, 3.05) is 5.88 Å². The van der Waals surface area contributed by atoms with Crippen LogP contribution in [-0.4, -0.2) is 11.0 Å². The molecule has 1 fully saturated rings. The smallest absolute Gasteiger partial charge is 0.0793 e. The average molecular weight is 239 g/mol. The van der Waals surface area contributed by atoms with Gasteiger partial charge in [-0.15, -0.1) is 11.6 Å². The van der Waals surface area contributed by atoms with Crippen LogP contribution >= 0.6 is 11.6 Å². The predicted molar refractivity (Wildman–Crippen MR) is 67.9 cm³/mol. The molecule has 1 aliphatic rings. The lowest BCUT2D eigenvalue weighted by atomic mass is 9.77. The fourth-order valence-corrected chi connectivity index (χ4v) is 2.49. The van der Waals surface area contributed by atoms with Crippen molar-refractivity contribution in [3.63, 3.8) is 0 Å². The summed E-state index contributed by atoms with van der Waals surface area (Å²) in [6, 6.07) is 8.32. The third kappa shape index (κ3) is 2.58. The maximum absolute atomic E-state index is 10.1. The van der Waals surface area contributed by atoms with Crippen molar-refractivity contribution in [1.29, 1.82) is 0 Å². The molecule has 1 unspecified atom stereocenters. The first-order valence-electron chi connectivity index (χ1n) is 6.15. The Hall–Kier alpha value is -0.530. The van der Waals surface area contributed by atoms with Crippen LogP contribution in [0.2, 0.25) is 0 Å². The minimum absolute atomic E-state index is 0.337. The molecule has 1 nitrogen and oxygen atoms in total. The second kappa shape index (κ2) is 5.70. The summed E-state index contributed by atoms with van der Waals surface area (Å²) in [5.41, 5.74) is 2.48. The van der Waals surface area contributed by atoms with Crippen LogP contribution in [0.3, 0.4) is 0 Å². The zero-order valence-corrected chi connectivity index (χ0v) is 10.3. The molecule has 0 radical (unpaired) electrons. The van der Waals surface area contributed by atoms with Crippen LogP contribution in [0.5, 0.6) is 0 Å². The molecule has 16 heavy (non-hydrogen) atoms. The number of alkyl halides is 1. The summed E-state index contributed by atoms with van der Waals surface area (Å²) >= 11 is 5.66. The quantitative estimate of drug-likeness (QED) is 0.769. The Labute approximate surface area is 102 Å². The monoisotopic (exact) mass is 238 g/mol. The molecular weight excluding hydrogens is 220 g/mol. The van der Waals surface area contributed by atoms with Gasteiger partial charge in [0.1, 0.15) is 0 Å². The summed E-state index contributed by atoms with van der Waals surface area (Å²) in [5.74, 6) is 1.31. The van der Waals surface area contributed by atoms with Gasteiger partial charge in [0.2, 0.25) is 0 Å². The number of hydrogen-bond donors (Lipinski definition) is 1. The first kappa shape index (κ1) is 11.9. The Kier molecular flexibility index (Phi) is 4.25. The molecule has 0 bridgehead atoms. The van der Waals surface area contributed by atoms with Crippen LogP contribution in [0.15, 0.2) is 24.3 Å². The number of hydrogen-bond acceptors (Lipinski definition) is 1. The lowest BCUT2D eigenvalue weighted by Crippen LogP contribution is -2.13. The molecular formula is C14H19ClO. The highest BCUT2D eigenvalue weighted by molar-refractivity contribution is 6.17. The van der Waals surface area contributed by atoms with E-state index in [0.717, 1.165) is 18.4 Å². The van der Waals surface area contributed by atoms with E-state index in [1.165, 1.54) is 24.8 Å². The van der Waals surface area contributed by atoms with Crippen molar-refractivity contribution in [2.24, 2.45) is 0 Å². The predicted octanol–water partition coefficient (Wildman–Crippen LogP) is 4.01. The minimum Gasteiger partial charge on any atom is -0.388 e. The van der Waals surface area contributed by atoms with Gasteiger partial charge in [0, 0.05) is 5.88 Å². The highest BCUT2D eigenvalue weighted by Gasteiger charge is 2.23. The van der Waals surface area contributed by atoms with Crippen LogP contribution in [0.1, 0.15) is 55.3 Å². The second-order valence-electron chi connectivity index (χ2n) is 4.60. The third-order valence-corrected chi connectivity index (χ3v) is 3.78. The van der Waals surface area contributed by atoms with Gasteiger partial charge < -0.3 is 5.11 Å². The van der Waals surface area contributed by atoms with Gasteiger partial charge >= 0.3 is 0 Å². The summed E-state index contributed by atoms with van der Waals surface area (Å²) < 4.78 is 0. The van der Waals surface area contributed by atoms with E-state index >= 15 is 0 Å². The normalized spacial score (nSPS) is 18.1. The molecule has 2 heteroatoms. The maximum atomic E-state index is 10.1. The highest BCUT2D eigenvalue weighted by Crippen LogP contribution is 2.40. The third-order valence-electron chi connectivity index (χ3n) is 3.51. The molecule has 0 amide bonds. The average Bonchev–Trinajstić information content (AvgIpc) is 2.24. The summed E-state index contributed by atoms with van der Waals surface area (Å²) in [7, 11) is 0.